The second-order valence-corrected chi connectivity index (χ2v) is 6.28. The third kappa shape index (κ3) is 2.85. The van der Waals surface area contributed by atoms with E-state index in [-0.39, 0.29) is 17.6 Å². The van der Waals surface area contributed by atoms with Crippen molar-refractivity contribution in [3.05, 3.63) is 24.4 Å². The fraction of sp³-hybridized carbons (Fsp3) is 0.429. The number of carbonyl (C=O) groups excluding carboxylic acids is 1. The van der Waals surface area contributed by atoms with E-state index in [2.05, 4.69) is 21.6 Å². The summed E-state index contributed by atoms with van der Waals surface area (Å²) in [5, 5.41) is 20.8. The molecule has 0 spiro atoms. The van der Waals surface area contributed by atoms with E-state index in [4.69, 9.17) is 0 Å². The van der Waals surface area contributed by atoms with E-state index < -0.39 is 5.54 Å². The molecule has 1 fully saturated rings. The number of nitrogens with one attached hydrogen (secondary N) is 1. The maximum absolute atomic E-state index is 12.0. The van der Waals surface area contributed by atoms with Crippen LogP contribution in [-0.2, 0) is 4.79 Å². The maximum Gasteiger partial charge on any atom is 0.231 e. The van der Waals surface area contributed by atoms with Crippen molar-refractivity contribution < 1.29 is 4.79 Å². The van der Waals surface area contributed by atoms with Crippen LogP contribution in [0.15, 0.2) is 29.6 Å². The highest BCUT2D eigenvalue weighted by molar-refractivity contribution is 7.99. The molecule has 6 nitrogen and oxygen atoms in total. The van der Waals surface area contributed by atoms with E-state index in [0.717, 1.165) is 18.5 Å². The smallest absolute Gasteiger partial charge is 0.231 e. The lowest BCUT2D eigenvalue weighted by Gasteiger charge is -2.22. The minimum Gasteiger partial charge on any atom is -0.337 e. The van der Waals surface area contributed by atoms with E-state index in [9.17, 15) is 10.1 Å². The number of hydrogen-bond donors (Lipinski definition) is 1. The van der Waals surface area contributed by atoms with Gasteiger partial charge >= 0.3 is 0 Å². The number of rotatable bonds is 5. The molecule has 7 heteroatoms. The van der Waals surface area contributed by atoms with Crippen LogP contribution >= 0.6 is 11.8 Å². The molecule has 1 N–H and O–H groups in total. The first-order valence-electron chi connectivity index (χ1n) is 6.77. The summed E-state index contributed by atoms with van der Waals surface area (Å²) in [5.41, 5.74) is 0.00475. The molecule has 0 aliphatic heterocycles. The second-order valence-electron chi connectivity index (χ2n) is 5.34. The fourth-order valence-electron chi connectivity index (χ4n) is 2.26. The third-order valence-corrected chi connectivity index (χ3v) is 4.58. The molecule has 1 amide bonds. The molecule has 1 saturated carbocycles. The minimum absolute atomic E-state index is 0.149. The van der Waals surface area contributed by atoms with Crippen LogP contribution in [0.5, 0.6) is 0 Å². The number of pyridine rings is 1. The van der Waals surface area contributed by atoms with Crippen molar-refractivity contribution in [1.82, 2.24) is 19.9 Å². The van der Waals surface area contributed by atoms with Gasteiger partial charge in [0.15, 0.2) is 10.8 Å². The molecule has 0 aromatic carbocycles. The molecule has 2 heterocycles. The van der Waals surface area contributed by atoms with Crippen LogP contribution in [0.2, 0.25) is 0 Å². The SMILES string of the molecule is C[C@](C#N)(NC(=O)CSc1nnc2ccccn12)C1CC1. The van der Waals surface area contributed by atoms with Gasteiger partial charge in [-0.2, -0.15) is 5.26 Å². The Hall–Kier alpha value is -2.07. The molecule has 0 radical (unpaired) electrons. The highest BCUT2D eigenvalue weighted by atomic mass is 32.2. The monoisotopic (exact) mass is 301 g/mol. The lowest BCUT2D eigenvalue weighted by Crippen LogP contribution is -2.47. The molecular formula is C14H15N5OS. The molecule has 3 rings (SSSR count). The Morgan fingerprint density at radius 2 is 2.38 bits per heavy atom. The average molecular weight is 301 g/mol. The van der Waals surface area contributed by atoms with Crippen LogP contribution in [0.25, 0.3) is 5.65 Å². The van der Waals surface area contributed by atoms with Crippen LogP contribution in [0.3, 0.4) is 0 Å². The molecule has 1 atom stereocenters. The van der Waals surface area contributed by atoms with Crippen molar-refractivity contribution in [2.75, 3.05) is 5.75 Å². The molecule has 1 aliphatic carbocycles. The van der Waals surface area contributed by atoms with Gasteiger partial charge < -0.3 is 5.32 Å². The van der Waals surface area contributed by atoms with Gasteiger partial charge in [0.25, 0.3) is 0 Å². The summed E-state index contributed by atoms with van der Waals surface area (Å²) < 4.78 is 1.84. The Morgan fingerprint density at radius 3 is 3.10 bits per heavy atom. The summed E-state index contributed by atoms with van der Waals surface area (Å²) in [5.74, 6) is 0.355. The molecular weight excluding hydrogens is 286 g/mol. The molecule has 2 aromatic rings. The molecule has 2 aromatic heterocycles. The van der Waals surface area contributed by atoms with Gasteiger partial charge in [-0.05, 0) is 37.8 Å². The van der Waals surface area contributed by atoms with Gasteiger partial charge in [-0.1, -0.05) is 17.8 Å². The first-order chi connectivity index (χ1) is 10.1. The summed E-state index contributed by atoms with van der Waals surface area (Å²) in [6.07, 6.45) is 3.87. The van der Waals surface area contributed by atoms with Gasteiger partial charge in [0.2, 0.25) is 5.91 Å². The maximum atomic E-state index is 12.0. The van der Waals surface area contributed by atoms with Crippen molar-refractivity contribution in [3.8, 4) is 6.07 Å². The molecule has 1 aliphatic rings. The Kier molecular flexibility index (Phi) is 3.55. The first kappa shape index (κ1) is 13.9. The van der Waals surface area contributed by atoms with Crippen LogP contribution in [0.4, 0.5) is 0 Å². The molecule has 0 bridgehead atoms. The number of nitriles is 1. The zero-order valence-corrected chi connectivity index (χ0v) is 12.4. The summed E-state index contributed by atoms with van der Waals surface area (Å²) >= 11 is 1.32. The number of carbonyl (C=O) groups is 1. The Bertz CT molecular complexity index is 717. The lowest BCUT2D eigenvalue weighted by atomic mass is 9.98. The van der Waals surface area contributed by atoms with E-state index >= 15 is 0 Å². The Morgan fingerprint density at radius 1 is 1.57 bits per heavy atom. The van der Waals surface area contributed by atoms with Gasteiger partial charge in [0.1, 0.15) is 5.54 Å². The van der Waals surface area contributed by atoms with Crippen LogP contribution in [0, 0.1) is 17.2 Å². The van der Waals surface area contributed by atoms with Crippen LogP contribution < -0.4 is 5.32 Å². The largest absolute Gasteiger partial charge is 0.337 e. The van der Waals surface area contributed by atoms with Gasteiger partial charge in [0, 0.05) is 6.20 Å². The highest BCUT2D eigenvalue weighted by Crippen LogP contribution is 2.39. The Balaban J connectivity index is 1.62. The van der Waals surface area contributed by atoms with E-state index in [1.54, 1.807) is 6.92 Å². The summed E-state index contributed by atoms with van der Waals surface area (Å²) in [4.78, 5) is 12.0. The number of amides is 1. The predicted molar refractivity (Wildman–Crippen MR) is 78.6 cm³/mol. The second kappa shape index (κ2) is 5.37. The number of aromatic nitrogens is 3. The minimum atomic E-state index is -0.745. The van der Waals surface area contributed by atoms with Crippen molar-refractivity contribution >= 4 is 23.3 Å². The van der Waals surface area contributed by atoms with Crippen molar-refractivity contribution in [1.29, 1.82) is 5.26 Å². The van der Waals surface area contributed by atoms with Crippen LogP contribution in [-0.4, -0.2) is 31.8 Å². The third-order valence-electron chi connectivity index (χ3n) is 3.64. The topological polar surface area (TPSA) is 83.1 Å². The average Bonchev–Trinajstić information content (AvgIpc) is 3.27. The fourth-order valence-corrected chi connectivity index (χ4v) is 2.98. The number of hydrogen-bond acceptors (Lipinski definition) is 5. The van der Waals surface area contributed by atoms with Crippen molar-refractivity contribution in [2.24, 2.45) is 5.92 Å². The normalized spacial score (nSPS) is 17.1. The van der Waals surface area contributed by atoms with Gasteiger partial charge in [-0.3, -0.25) is 9.20 Å². The number of fused-ring (bicyclic) bond motifs is 1. The lowest BCUT2D eigenvalue weighted by molar-refractivity contribution is -0.119. The zero-order valence-electron chi connectivity index (χ0n) is 11.6. The molecule has 21 heavy (non-hydrogen) atoms. The summed E-state index contributed by atoms with van der Waals surface area (Å²) in [7, 11) is 0. The first-order valence-corrected chi connectivity index (χ1v) is 7.76. The molecule has 108 valence electrons. The van der Waals surface area contributed by atoms with Crippen molar-refractivity contribution in [2.45, 2.75) is 30.5 Å². The summed E-state index contributed by atoms with van der Waals surface area (Å²) in [6, 6.07) is 7.86. The van der Waals surface area contributed by atoms with Crippen molar-refractivity contribution in [3.63, 3.8) is 0 Å². The quantitative estimate of drug-likeness (QED) is 0.849. The highest BCUT2D eigenvalue weighted by Gasteiger charge is 2.42. The number of nitrogens with zero attached hydrogens (tertiary/aromatic N) is 4. The summed E-state index contributed by atoms with van der Waals surface area (Å²) in [6.45, 7) is 1.79. The van der Waals surface area contributed by atoms with Gasteiger partial charge in [0.05, 0.1) is 11.8 Å². The Labute approximate surface area is 126 Å². The van der Waals surface area contributed by atoms with Gasteiger partial charge in [-0.15, -0.1) is 10.2 Å². The predicted octanol–water partition coefficient (Wildman–Crippen LogP) is 1.63. The van der Waals surface area contributed by atoms with Gasteiger partial charge in [-0.25, -0.2) is 0 Å². The van der Waals surface area contributed by atoms with E-state index in [1.165, 1.54) is 11.8 Å². The number of thioether (sulfide) groups is 1. The zero-order chi connectivity index (χ0) is 14.9. The standard InChI is InChI=1S/C14H15N5OS/c1-14(9-15,10-5-6-10)16-12(20)8-21-13-18-17-11-4-2-3-7-19(11)13/h2-4,7,10H,5-6,8H2,1H3,(H,16,20)/t14-/m1/s1. The molecule has 0 unspecified atom stereocenters. The van der Waals surface area contributed by atoms with Crippen LogP contribution in [0.1, 0.15) is 19.8 Å². The molecule has 0 saturated heterocycles. The van der Waals surface area contributed by atoms with E-state index in [1.807, 2.05) is 28.8 Å². The van der Waals surface area contributed by atoms with E-state index in [0.29, 0.717) is 5.16 Å².